The van der Waals surface area contributed by atoms with Gasteiger partial charge in [0, 0.05) is 23.5 Å². The second-order valence-corrected chi connectivity index (χ2v) is 5.51. The highest BCUT2D eigenvalue weighted by molar-refractivity contribution is 14.1. The van der Waals surface area contributed by atoms with Crippen molar-refractivity contribution in [1.82, 2.24) is 9.97 Å². The molecule has 20 heavy (non-hydrogen) atoms. The van der Waals surface area contributed by atoms with E-state index in [2.05, 4.69) is 37.6 Å². The quantitative estimate of drug-likeness (QED) is 0.815. The van der Waals surface area contributed by atoms with E-state index >= 15 is 0 Å². The maximum Gasteiger partial charge on any atom is 0.336 e. The maximum atomic E-state index is 11.5. The summed E-state index contributed by atoms with van der Waals surface area (Å²) in [5, 5.41) is 9.40. The van der Waals surface area contributed by atoms with Crippen LogP contribution in [0.15, 0.2) is 29.5 Å². The first-order valence-electron chi connectivity index (χ1n) is 5.96. The van der Waals surface area contributed by atoms with Gasteiger partial charge >= 0.3 is 5.97 Å². The maximum absolute atomic E-state index is 11.5. The molecular weight excluding hydrogens is 369 g/mol. The van der Waals surface area contributed by atoms with Crippen LogP contribution < -0.4 is 0 Å². The van der Waals surface area contributed by atoms with Crippen molar-refractivity contribution >= 4 is 32.3 Å². The summed E-state index contributed by atoms with van der Waals surface area (Å²) in [5.41, 5.74) is 3.53. The first-order chi connectivity index (χ1) is 9.56. The van der Waals surface area contributed by atoms with E-state index in [-0.39, 0.29) is 5.56 Å². The minimum atomic E-state index is -0.953. The van der Waals surface area contributed by atoms with E-state index in [9.17, 15) is 9.90 Å². The molecule has 2 heterocycles. The first kappa shape index (κ1) is 13.2. The average Bonchev–Trinajstić information content (AvgIpc) is 2.79. The van der Waals surface area contributed by atoms with E-state index in [1.165, 1.54) is 0 Å². The largest absolute Gasteiger partial charge is 0.478 e. The molecule has 1 aliphatic rings. The molecule has 2 aromatic rings. The number of carboxylic acids is 1. The van der Waals surface area contributed by atoms with Crippen LogP contribution in [0, 0.1) is 6.92 Å². The number of nitrogens with zero attached hydrogens (tertiary/aromatic N) is 3. The lowest BCUT2D eigenvalue weighted by molar-refractivity contribution is 0.0697. The normalized spacial score (nSPS) is 13.0. The Morgan fingerprint density at radius 3 is 2.60 bits per heavy atom. The first-order valence-corrected chi connectivity index (χ1v) is 7.03. The van der Waals surface area contributed by atoms with Gasteiger partial charge in [0.2, 0.25) is 0 Å². The van der Waals surface area contributed by atoms with Crippen LogP contribution in [-0.4, -0.2) is 24.8 Å². The van der Waals surface area contributed by atoms with Gasteiger partial charge < -0.3 is 5.11 Å². The minimum absolute atomic E-state index is 0.262. The van der Waals surface area contributed by atoms with E-state index in [0.717, 1.165) is 14.8 Å². The topological polar surface area (TPSA) is 75.4 Å². The number of aryl methyl sites for hydroxylation is 1. The highest BCUT2D eigenvalue weighted by Crippen LogP contribution is 2.31. The van der Waals surface area contributed by atoms with E-state index in [1.807, 2.05) is 6.07 Å². The standard InChI is InChI=1S/C14H10IN3O2/c1-7-16-5-9(6-17-7)10-3-11-8(4-18-13(11)15)2-12(10)14(19)20/h2-3,5-6H,4H2,1H3,(H,19,20). The summed E-state index contributed by atoms with van der Waals surface area (Å²) >= 11 is 2.17. The number of benzene rings is 1. The van der Waals surface area contributed by atoms with E-state index in [0.29, 0.717) is 23.5 Å². The molecule has 0 saturated carbocycles. The summed E-state index contributed by atoms with van der Waals surface area (Å²) in [7, 11) is 0. The van der Waals surface area contributed by atoms with Crippen molar-refractivity contribution in [2.45, 2.75) is 13.5 Å². The number of carbonyl (C=O) groups is 1. The molecule has 3 rings (SSSR count). The number of carboxylic acid groups (broad SMARTS) is 1. The molecule has 0 spiro atoms. The lowest BCUT2D eigenvalue weighted by atomic mass is 9.96. The third kappa shape index (κ3) is 2.20. The smallest absolute Gasteiger partial charge is 0.336 e. The van der Waals surface area contributed by atoms with E-state index in [4.69, 9.17) is 0 Å². The van der Waals surface area contributed by atoms with Gasteiger partial charge in [0.1, 0.15) is 9.54 Å². The second kappa shape index (κ2) is 4.93. The van der Waals surface area contributed by atoms with Gasteiger partial charge in [-0.1, -0.05) is 0 Å². The van der Waals surface area contributed by atoms with Gasteiger partial charge in [-0.25, -0.2) is 14.8 Å². The Morgan fingerprint density at radius 1 is 1.25 bits per heavy atom. The SMILES string of the molecule is Cc1ncc(-c2cc3c(cc2C(=O)O)CN=C3I)cn1. The highest BCUT2D eigenvalue weighted by Gasteiger charge is 2.21. The number of rotatable bonds is 2. The van der Waals surface area contributed by atoms with Crippen molar-refractivity contribution in [3.05, 3.63) is 47.0 Å². The van der Waals surface area contributed by atoms with Gasteiger partial charge in [0.05, 0.1) is 12.1 Å². The molecule has 0 radical (unpaired) electrons. The van der Waals surface area contributed by atoms with Crippen LogP contribution in [0.1, 0.15) is 27.3 Å². The van der Waals surface area contributed by atoms with Gasteiger partial charge in [-0.2, -0.15) is 0 Å². The van der Waals surface area contributed by atoms with Gasteiger partial charge in [-0.3, -0.25) is 4.99 Å². The Kier molecular flexibility index (Phi) is 3.25. The third-order valence-corrected chi connectivity index (χ3v) is 4.10. The summed E-state index contributed by atoms with van der Waals surface area (Å²) in [6.07, 6.45) is 3.30. The number of halogens is 1. The molecule has 0 aliphatic carbocycles. The van der Waals surface area contributed by atoms with Crippen molar-refractivity contribution < 1.29 is 9.90 Å². The van der Waals surface area contributed by atoms with Crippen molar-refractivity contribution in [2.75, 3.05) is 0 Å². The number of hydrogen-bond acceptors (Lipinski definition) is 4. The Labute approximate surface area is 128 Å². The Morgan fingerprint density at radius 2 is 1.95 bits per heavy atom. The monoisotopic (exact) mass is 379 g/mol. The lowest BCUT2D eigenvalue weighted by Crippen LogP contribution is -2.03. The fourth-order valence-corrected chi connectivity index (χ4v) is 2.83. The van der Waals surface area contributed by atoms with Gasteiger partial charge in [-0.15, -0.1) is 0 Å². The molecule has 100 valence electrons. The Hall–Kier alpha value is -1.83. The number of hydrogen-bond donors (Lipinski definition) is 1. The van der Waals surface area contributed by atoms with Crippen LogP contribution in [0.2, 0.25) is 0 Å². The number of fused-ring (bicyclic) bond motifs is 1. The Bertz CT molecular complexity index is 739. The fraction of sp³-hybridized carbons (Fsp3) is 0.143. The van der Waals surface area contributed by atoms with Crippen LogP contribution in [0.4, 0.5) is 0 Å². The highest BCUT2D eigenvalue weighted by atomic mass is 127. The fourth-order valence-electron chi connectivity index (χ4n) is 2.15. The molecule has 0 atom stereocenters. The lowest BCUT2D eigenvalue weighted by Gasteiger charge is -2.09. The van der Waals surface area contributed by atoms with E-state index < -0.39 is 5.97 Å². The molecule has 0 unspecified atom stereocenters. The van der Waals surface area contributed by atoms with Gasteiger partial charge in [0.25, 0.3) is 0 Å². The average molecular weight is 379 g/mol. The van der Waals surface area contributed by atoms with Crippen LogP contribution in [0.3, 0.4) is 0 Å². The molecule has 1 aliphatic heterocycles. The van der Waals surface area contributed by atoms with Crippen molar-refractivity contribution in [1.29, 1.82) is 0 Å². The molecule has 0 saturated heterocycles. The Balaban J connectivity index is 2.22. The minimum Gasteiger partial charge on any atom is -0.478 e. The summed E-state index contributed by atoms with van der Waals surface area (Å²) < 4.78 is 0.906. The second-order valence-electron chi connectivity index (χ2n) is 4.49. The van der Waals surface area contributed by atoms with Crippen LogP contribution in [0.25, 0.3) is 11.1 Å². The molecule has 1 aromatic carbocycles. The molecule has 1 N–H and O–H groups in total. The summed E-state index contributed by atoms with van der Waals surface area (Å²) in [6.45, 7) is 2.33. The van der Waals surface area contributed by atoms with Crippen molar-refractivity contribution in [2.24, 2.45) is 4.99 Å². The third-order valence-electron chi connectivity index (χ3n) is 3.18. The summed E-state index contributed by atoms with van der Waals surface area (Å²) in [4.78, 5) is 24.1. The molecule has 6 heteroatoms. The zero-order chi connectivity index (χ0) is 14.3. The number of aromatic nitrogens is 2. The molecule has 0 fully saturated rings. The molecule has 0 amide bonds. The van der Waals surface area contributed by atoms with Crippen LogP contribution in [0.5, 0.6) is 0 Å². The van der Waals surface area contributed by atoms with E-state index in [1.54, 1.807) is 25.4 Å². The van der Waals surface area contributed by atoms with Crippen molar-refractivity contribution in [3.63, 3.8) is 0 Å². The molecular formula is C14H10IN3O2. The van der Waals surface area contributed by atoms with Gasteiger partial charge in [0.15, 0.2) is 0 Å². The zero-order valence-electron chi connectivity index (χ0n) is 10.6. The summed E-state index contributed by atoms with van der Waals surface area (Å²) in [6, 6.07) is 3.56. The number of aliphatic imine (C=N–C) groups is 1. The number of aromatic carboxylic acids is 1. The van der Waals surface area contributed by atoms with Crippen LogP contribution >= 0.6 is 22.6 Å². The van der Waals surface area contributed by atoms with Gasteiger partial charge in [-0.05, 0) is 52.8 Å². The zero-order valence-corrected chi connectivity index (χ0v) is 12.7. The predicted molar refractivity (Wildman–Crippen MR) is 83.4 cm³/mol. The molecule has 1 aromatic heterocycles. The summed E-state index contributed by atoms with van der Waals surface area (Å²) in [5.74, 6) is -0.298. The molecule has 0 bridgehead atoms. The van der Waals surface area contributed by atoms with Crippen LogP contribution in [-0.2, 0) is 6.54 Å². The predicted octanol–water partition coefficient (Wildman–Crippen LogP) is 2.85. The van der Waals surface area contributed by atoms with Crippen molar-refractivity contribution in [3.8, 4) is 11.1 Å². The molecule has 5 nitrogen and oxygen atoms in total.